The van der Waals surface area contributed by atoms with Crippen molar-refractivity contribution >= 4 is 41.3 Å². The van der Waals surface area contributed by atoms with Gasteiger partial charge in [-0.1, -0.05) is 6.07 Å². The van der Waals surface area contributed by atoms with E-state index in [-0.39, 0.29) is 29.8 Å². The lowest BCUT2D eigenvalue weighted by Crippen LogP contribution is -2.38. The fourth-order valence-electron chi connectivity index (χ4n) is 2.42. The molecule has 0 atom stereocenters. The second-order valence-corrected chi connectivity index (χ2v) is 6.83. The summed E-state index contributed by atoms with van der Waals surface area (Å²) in [5, 5.41) is 7.69. The van der Waals surface area contributed by atoms with Gasteiger partial charge < -0.3 is 10.6 Å². The third-order valence-corrected chi connectivity index (χ3v) is 4.68. The molecular formula is C18H23F4IN4S. The van der Waals surface area contributed by atoms with Crippen LogP contribution in [0.5, 0.6) is 0 Å². The molecule has 1 aromatic carbocycles. The van der Waals surface area contributed by atoms with Crippen molar-refractivity contribution in [2.75, 3.05) is 19.6 Å². The summed E-state index contributed by atoms with van der Waals surface area (Å²) < 4.78 is 50.8. The Labute approximate surface area is 182 Å². The molecule has 2 N–H and O–H groups in total. The largest absolute Gasteiger partial charge is 0.434 e. The molecule has 4 nitrogen and oxygen atoms in total. The van der Waals surface area contributed by atoms with Crippen molar-refractivity contribution in [2.45, 2.75) is 32.9 Å². The molecule has 0 saturated heterocycles. The number of aromatic nitrogens is 1. The van der Waals surface area contributed by atoms with Gasteiger partial charge >= 0.3 is 6.18 Å². The maximum absolute atomic E-state index is 13.1. The molecule has 0 fully saturated rings. The molecule has 0 aliphatic rings. The van der Waals surface area contributed by atoms with Gasteiger partial charge in [0.2, 0.25) is 0 Å². The molecule has 156 valence electrons. The number of aryl methyl sites for hydroxylation is 1. The summed E-state index contributed by atoms with van der Waals surface area (Å²) >= 11 is 0.987. The fraction of sp³-hybridized carbons (Fsp3) is 0.444. The van der Waals surface area contributed by atoms with Crippen LogP contribution in [0.15, 0.2) is 28.6 Å². The Morgan fingerprint density at radius 1 is 1.21 bits per heavy atom. The Morgan fingerprint density at radius 2 is 1.96 bits per heavy atom. The van der Waals surface area contributed by atoms with Crippen molar-refractivity contribution in [2.24, 2.45) is 4.99 Å². The van der Waals surface area contributed by atoms with Crippen LogP contribution in [0, 0.1) is 12.7 Å². The van der Waals surface area contributed by atoms with Crippen LogP contribution in [0.3, 0.4) is 0 Å². The third-order valence-electron chi connectivity index (χ3n) is 3.77. The van der Waals surface area contributed by atoms with Gasteiger partial charge in [0, 0.05) is 31.4 Å². The summed E-state index contributed by atoms with van der Waals surface area (Å²) in [6.45, 7) is 5.39. The molecule has 0 aliphatic heterocycles. The summed E-state index contributed by atoms with van der Waals surface area (Å²) in [5.74, 6) is 0.333. The normalized spacial score (nSPS) is 11.9. The van der Waals surface area contributed by atoms with Crippen LogP contribution in [-0.2, 0) is 19.0 Å². The second kappa shape index (κ2) is 11.5. The highest BCUT2D eigenvalue weighted by Crippen LogP contribution is 2.30. The first-order chi connectivity index (χ1) is 12.8. The third kappa shape index (κ3) is 7.90. The number of thiazole rings is 1. The lowest BCUT2D eigenvalue weighted by atomic mass is 10.1. The van der Waals surface area contributed by atoms with Gasteiger partial charge in [0.15, 0.2) is 11.7 Å². The van der Waals surface area contributed by atoms with Gasteiger partial charge in [-0.25, -0.2) is 9.37 Å². The molecule has 2 aromatic rings. The van der Waals surface area contributed by atoms with E-state index in [0.717, 1.165) is 27.8 Å². The minimum absolute atomic E-state index is 0. The Balaban J connectivity index is 0.00000392. The molecule has 0 radical (unpaired) electrons. The number of rotatable bonds is 7. The Bertz CT molecular complexity index is 777. The first kappa shape index (κ1) is 24.6. The number of aliphatic imine (C=N–C) groups is 1. The zero-order valence-corrected chi connectivity index (χ0v) is 18.7. The van der Waals surface area contributed by atoms with Gasteiger partial charge in [0.1, 0.15) is 5.82 Å². The average molecular weight is 530 g/mol. The number of nitrogens with one attached hydrogen (secondary N) is 2. The van der Waals surface area contributed by atoms with E-state index in [1.807, 2.05) is 13.8 Å². The van der Waals surface area contributed by atoms with E-state index < -0.39 is 11.9 Å². The van der Waals surface area contributed by atoms with Gasteiger partial charge in [-0.05, 0) is 43.5 Å². The molecular weight excluding hydrogens is 507 g/mol. The van der Waals surface area contributed by atoms with Gasteiger partial charge in [0.05, 0.1) is 5.01 Å². The summed E-state index contributed by atoms with van der Waals surface area (Å²) in [4.78, 5) is 7.96. The van der Waals surface area contributed by atoms with E-state index in [4.69, 9.17) is 0 Å². The minimum Gasteiger partial charge on any atom is -0.357 e. The Kier molecular flexibility index (Phi) is 10.1. The molecule has 1 heterocycles. The van der Waals surface area contributed by atoms with E-state index in [2.05, 4.69) is 20.6 Å². The molecule has 1 aromatic heterocycles. The zero-order chi connectivity index (χ0) is 19.9. The average Bonchev–Trinajstić information content (AvgIpc) is 3.06. The number of hydrogen-bond donors (Lipinski definition) is 2. The van der Waals surface area contributed by atoms with E-state index >= 15 is 0 Å². The molecule has 10 heteroatoms. The van der Waals surface area contributed by atoms with Gasteiger partial charge in [-0.3, -0.25) is 4.99 Å². The van der Waals surface area contributed by atoms with Crippen LogP contribution in [-0.4, -0.2) is 30.6 Å². The highest BCUT2D eigenvalue weighted by atomic mass is 127. The van der Waals surface area contributed by atoms with Crippen molar-refractivity contribution < 1.29 is 17.6 Å². The molecule has 28 heavy (non-hydrogen) atoms. The van der Waals surface area contributed by atoms with Crippen LogP contribution < -0.4 is 10.6 Å². The van der Waals surface area contributed by atoms with Gasteiger partial charge in [-0.15, -0.1) is 35.3 Å². The van der Waals surface area contributed by atoms with Crippen molar-refractivity contribution in [1.82, 2.24) is 15.6 Å². The first-order valence-electron chi connectivity index (χ1n) is 8.58. The zero-order valence-electron chi connectivity index (χ0n) is 15.6. The molecule has 0 bridgehead atoms. The summed E-state index contributed by atoms with van der Waals surface area (Å²) in [6, 6.07) is 4.69. The van der Waals surface area contributed by atoms with Crippen molar-refractivity contribution in [3.63, 3.8) is 0 Å². The monoisotopic (exact) mass is 530 g/mol. The predicted molar refractivity (Wildman–Crippen MR) is 115 cm³/mol. The van der Waals surface area contributed by atoms with E-state index in [0.29, 0.717) is 43.4 Å². The quantitative estimate of drug-likeness (QED) is 0.239. The highest BCUT2D eigenvalue weighted by Gasteiger charge is 2.33. The summed E-state index contributed by atoms with van der Waals surface area (Å²) in [7, 11) is 0. The van der Waals surface area contributed by atoms with Crippen molar-refractivity contribution in [3.8, 4) is 0 Å². The van der Waals surface area contributed by atoms with E-state index in [1.165, 1.54) is 12.1 Å². The first-order valence-corrected chi connectivity index (χ1v) is 9.46. The SMILES string of the molecule is CCNC(=NCCc1nc(C(F)(F)F)cs1)NCCc1ccc(F)cc1C.I. The summed E-state index contributed by atoms with van der Waals surface area (Å²) in [6.07, 6.45) is -3.36. The second-order valence-electron chi connectivity index (χ2n) is 5.88. The highest BCUT2D eigenvalue weighted by molar-refractivity contribution is 14.0. The number of halogens is 5. The molecule has 0 spiro atoms. The maximum atomic E-state index is 13.1. The van der Waals surface area contributed by atoms with Crippen molar-refractivity contribution in [3.05, 3.63) is 51.2 Å². The van der Waals surface area contributed by atoms with E-state index in [1.54, 1.807) is 6.07 Å². The lowest BCUT2D eigenvalue weighted by molar-refractivity contribution is -0.140. The van der Waals surface area contributed by atoms with Crippen LogP contribution in [0.1, 0.15) is 28.8 Å². The lowest BCUT2D eigenvalue weighted by Gasteiger charge is -2.12. The Hall–Kier alpha value is -1.43. The minimum atomic E-state index is -4.41. The number of nitrogens with zero attached hydrogens (tertiary/aromatic N) is 2. The van der Waals surface area contributed by atoms with Crippen LogP contribution in [0.4, 0.5) is 17.6 Å². The number of benzene rings is 1. The van der Waals surface area contributed by atoms with Gasteiger partial charge in [0.25, 0.3) is 0 Å². The molecule has 2 rings (SSSR count). The maximum Gasteiger partial charge on any atom is 0.434 e. The smallest absolute Gasteiger partial charge is 0.357 e. The van der Waals surface area contributed by atoms with Gasteiger partial charge in [-0.2, -0.15) is 13.2 Å². The number of hydrogen-bond acceptors (Lipinski definition) is 3. The predicted octanol–water partition coefficient (Wildman–Crippen LogP) is 4.57. The molecule has 0 aliphatic carbocycles. The van der Waals surface area contributed by atoms with Crippen LogP contribution in [0.2, 0.25) is 0 Å². The topological polar surface area (TPSA) is 49.3 Å². The van der Waals surface area contributed by atoms with Crippen LogP contribution >= 0.6 is 35.3 Å². The molecule has 0 amide bonds. The molecule has 0 unspecified atom stereocenters. The fourth-order valence-corrected chi connectivity index (χ4v) is 3.21. The standard InChI is InChI=1S/C18H22F4N4S.HI/c1-3-23-17(24-8-6-13-4-5-14(19)10-12(13)2)25-9-7-16-26-15(11-27-16)18(20,21)22;/h4-5,10-11H,3,6-9H2,1-2H3,(H2,23,24,25);1H. The van der Waals surface area contributed by atoms with Crippen LogP contribution in [0.25, 0.3) is 0 Å². The Morgan fingerprint density at radius 3 is 2.57 bits per heavy atom. The molecule has 0 saturated carbocycles. The van der Waals surface area contributed by atoms with Crippen molar-refractivity contribution in [1.29, 1.82) is 0 Å². The van der Waals surface area contributed by atoms with E-state index in [9.17, 15) is 17.6 Å². The summed E-state index contributed by atoms with van der Waals surface area (Å²) in [5.41, 5.74) is 1.08. The number of alkyl halides is 3. The number of guanidine groups is 1.